The first-order valence-corrected chi connectivity index (χ1v) is 24.4. The molecule has 4 aromatic rings. The molecule has 0 radical (unpaired) electrons. The van der Waals surface area contributed by atoms with Gasteiger partial charge in [0.05, 0.1) is 0 Å². The molecule has 4 rings (SSSR count). The van der Waals surface area contributed by atoms with Crippen molar-refractivity contribution in [2.45, 2.75) is 209 Å². The summed E-state index contributed by atoms with van der Waals surface area (Å²) in [6, 6.07) is 26.4. The molecule has 0 bridgehead atoms. The topological polar surface area (TPSA) is 38.7 Å². The van der Waals surface area contributed by atoms with E-state index < -0.39 is 18.1 Å². The maximum absolute atomic E-state index is 15.4. The van der Waals surface area contributed by atoms with Gasteiger partial charge in [0, 0.05) is 0 Å². The van der Waals surface area contributed by atoms with Gasteiger partial charge in [0.2, 0.25) is 0 Å². The fraction of sp³-hybridized carbons (Fsp3) is 0.571. The minimum atomic E-state index is -5.41. The van der Waals surface area contributed by atoms with Gasteiger partial charge in [-0.25, -0.2) is 0 Å². The molecule has 0 unspecified atom stereocenters. The molecule has 4 heteroatoms. The van der Waals surface area contributed by atoms with E-state index in [2.05, 4.69) is 239 Å². The Labute approximate surface area is 368 Å². The molecule has 4 aromatic carbocycles. The molecule has 0 aliphatic carbocycles. The second-order valence-electron chi connectivity index (χ2n) is 26.0. The van der Waals surface area contributed by atoms with Crippen LogP contribution in [-0.2, 0) is 43.3 Å². The molecular weight excluding hydrogens is 752 g/mol. The van der Waals surface area contributed by atoms with E-state index in [-0.39, 0.29) is 32.5 Å². The Hall–Kier alpha value is -3.13. The van der Waals surface area contributed by atoms with Crippen molar-refractivity contribution < 1.29 is 13.9 Å². The van der Waals surface area contributed by atoms with Gasteiger partial charge in [0.15, 0.2) is 0 Å². The van der Waals surface area contributed by atoms with Crippen molar-refractivity contribution in [1.29, 1.82) is 0 Å². The van der Waals surface area contributed by atoms with Gasteiger partial charge in [-0.1, -0.05) is 0 Å². The van der Waals surface area contributed by atoms with E-state index in [4.69, 9.17) is 9.05 Å². The second-order valence-corrected chi connectivity index (χ2v) is 29.1. The van der Waals surface area contributed by atoms with Crippen LogP contribution >= 0.6 is 7.28 Å². The molecule has 0 atom stereocenters. The van der Waals surface area contributed by atoms with Gasteiger partial charge < -0.3 is 0 Å². The number of hydrogen-bond donors (Lipinski definition) is 1. The van der Waals surface area contributed by atoms with Crippen LogP contribution in [0.3, 0.4) is 0 Å². The first-order chi connectivity index (χ1) is 26.6. The summed E-state index contributed by atoms with van der Waals surface area (Å²) in [5.74, 6) is 1.25. The van der Waals surface area contributed by atoms with Crippen LogP contribution < -0.4 is 19.7 Å². The molecule has 0 aromatic heterocycles. The number of benzene rings is 4. The Bertz CT molecular complexity index is 2040. The molecule has 332 valence electrons. The Morgan fingerprint density at radius 2 is 0.517 bits per heavy atom. The van der Waals surface area contributed by atoms with E-state index in [9.17, 15) is 0 Å². The predicted molar refractivity (Wildman–Crippen MR) is 265 cm³/mol. The quantitative estimate of drug-likeness (QED) is 0.197. The van der Waals surface area contributed by atoms with E-state index in [1.165, 1.54) is 22.3 Å². The Morgan fingerprint density at radius 3 is 0.733 bits per heavy atom. The van der Waals surface area contributed by atoms with Crippen molar-refractivity contribution in [2.24, 2.45) is 0 Å². The second kappa shape index (κ2) is 15.3. The van der Waals surface area contributed by atoms with Gasteiger partial charge >= 0.3 is 370 Å². The van der Waals surface area contributed by atoms with Crippen molar-refractivity contribution in [3.8, 4) is 11.5 Å². The van der Waals surface area contributed by atoms with E-state index in [1.807, 2.05) is 0 Å². The molecule has 0 fully saturated rings. The number of hydrogen-bond acceptors (Lipinski definition) is 3. The van der Waals surface area contributed by atoms with Crippen molar-refractivity contribution in [2.75, 3.05) is 0 Å². The van der Waals surface area contributed by atoms with Crippen molar-refractivity contribution in [3.05, 3.63) is 117 Å². The van der Waals surface area contributed by atoms with E-state index >= 15 is 4.89 Å². The van der Waals surface area contributed by atoms with Gasteiger partial charge in [-0.15, -0.1) is 0 Å². The average molecular weight is 837 g/mol. The summed E-state index contributed by atoms with van der Waals surface area (Å²) in [6.07, 6.45) is 0. The van der Waals surface area contributed by atoms with Crippen LogP contribution in [0.4, 0.5) is 0 Å². The molecule has 0 aliphatic heterocycles. The predicted octanol–water partition coefficient (Wildman–Crippen LogP) is 15.5. The minimum absolute atomic E-state index is 0.0967. The molecule has 0 heterocycles. The van der Waals surface area contributed by atoms with E-state index in [0.29, 0.717) is 22.1 Å². The summed E-state index contributed by atoms with van der Waals surface area (Å²) in [5, 5.41) is 1.38. The van der Waals surface area contributed by atoms with Crippen molar-refractivity contribution in [1.82, 2.24) is 0 Å². The molecule has 0 saturated carbocycles. The third kappa shape index (κ3) is 10.2. The standard InChI is InChI=1S/C56H85O3P/c1-49(2,3)37-25-29-45(41(33-37)53(13,14)15)58-60(57,47-31-27-39(51(7,8)9)35-43(47)55(19,20)21,48-32-28-40(52(10,11)12)36-44(48)56(22,23)24)59-46-30-26-38(50(4,5)6)34-42(46)54(16,17)18/h25-36,57H,1-24H3. The monoisotopic (exact) mass is 837 g/mol. The fourth-order valence-corrected chi connectivity index (χ4v) is 12.0. The van der Waals surface area contributed by atoms with Crippen LogP contribution in [0.5, 0.6) is 11.5 Å². The summed E-state index contributed by atoms with van der Waals surface area (Å²) in [6.45, 7) is 53.8. The summed E-state index contributed by atoms with van der Waals surface area (Å²) >= 11 is 0. The van der Waals surface area contributed by atoms with Gasteiger partial charge in [-0.05, 0) is 0 Å². The summed E-state index contributed by atoms with van der Waals surface area (Å²) in [7, 11) is -5.41. The fourth-order valence-electron chi connectivity index (χ4n) is 7.93. The summed E-state index contributed by atoms with van der Waals surface area (Å²) in [4.78, 5) is 15.4. The van der Waals surface area contributed by atoms with E-state index in [0.717, 1.165) is 22.3 Å². The summed E-state index contributed by atoms with van der Waals surface area (Å²) < 4.78 is 15.9. The first kappa shape index (κ1) is 49.5. The van der Waals surface area contributed by atoms with Gasteiger partial charge in [-0.2, -0.15) is 0 Å². The van der Waals surface area contributed by atoms with Gasteiger partial charge in [0.25, 0.3) is 0 Å². The molecule has 3 nitrogen and oxygen atoms in total. The molecule has 0 spiro atoms. The van der Waals surface area contributed by atoms with Crippen LogP contribution in [0.25, 0.3) is 0 Å². The van der Waals surface area contributed by atoms with Crippen LogP contribution in [-0.4, -0.2) is 4.89 Å². The molecule has 60 heavy (non-hydrogen) atoms. The van der Waals surface area contributed by atoms with Crippen LogP contribution in [0.2, 0.25) is 0 Å². The van der Waals surface area contributed by atoms with Gasteiger partial charge in [0.1, 0.15) is 0 Å². The third-order valence-corrected chi connectivity index (χ3v) is 15.6. The Morgan fingerprint density at radius 1 is 0.300 bits per heavy atom. The zero-order valence-electron chi connectivity index (χ0n) is 42.6. The Kier molecular flexibility index (Phi) is 12.6. The van der Waals surface area contributed by atoms with Crippen LogP contribution in [0, 0.1) is 0 Å². The van der Waals surface area contributed by atoms with Crippen molar-refractivity contribution >= 4 is 17.9 Å². The maximum atomic E-state index is 15.4. The molecule has 0 amide bonds. The normalized spacial score (nSPS) is 14.8. The summed E-state index contributed by atoms with van der Waals surface area (Å²) in [5.41, 5.74) is 6.90. The first-order valence-electron chi connectivity index (χ1n) is 22.4. The van der Waals surface area contributed by atoms with Gasteiger partial charge in [-0.3, -0.25) is 0 Å². The number of rotatable bonds is 6. The molecular formula is C56H85O3P. The van der Waals surface area contributed by atoms with Crippen LogP contribution in [0.1, 0.15) is 211 Å². The third-order valence-electron chi connectivity index (χ3n) is 12.0. The van der Waals surface area contributed by atoms with Crippen molar-refractivity contribution in [3.63, 3.8) is 0 Å². The molecule has 0 aliphatic rings. The zero-order chi connectivity index (χ0) is 46.3. The Balaban J connectivity index is 2.47. The van der Waals surface area contributed by atoms with E-state index in [1.54, 1.807) is 0 Å². The SMILES string of the molecule is CC(C)(C)c1ccc(OP(O)(Oc2ccc(C(C)(C)C)cc2C(C)(C)C)(c2ccc(C(C)(C)C)cc2C(C)(C)C)c2ccc(C(C)(C)C)cc2C(C)(C)C)c(C(C)(C)C)c1. The zero-order valence-corrected chi connectivity index (χ0v) is 43.5. The molecule has 0 saturated heterocycles. The molecule has 1 N–H and O–H groups in total. The average Bonchev–Trinajstić information content (AvgIpc) is 3.04. The van der Waals surface area contributed by atoms with Crippen LogP contribution in [0.15, 0.2) is 72.8 Å².